The summed E-state index contributed by atoms with van der Waals surface area (Å²) >= 11 is 0. The molecule has 2 heterocycles. The Kier molecular flexibility index (Phi) is 7.55. The third-order valence-electron chi connectivity index (χ3n) is 5.32. The monoisotopic (exact) mass is 496 g/mol. The second-order valence-electron chi connectivity index (χ2n) is 10.00. The lowest BCUT2D eigenvalue weighted by atomic mass is 10.3. The van der Waals surface area contributed by atoms with Crippen molar-refractivity contribution in [1.29, 1.82) is 0 Å². The number of para-hydroxylation sites is 2. The maximum absolute atomic E-state index is 12.4. The Morgan fingerprint density at radius 1 is 0.559 bits per heavy atom. The zero-order valence-electron chi connectivity index (χ0n) is 21.3. The van der Waals surface area contributed by atoms with Crippen LogP contribution in [0.4, 0.5) is 11.4 Å². The zero-order valence-corrected chi connectivity index (χ0v) is 23.1. The van der Waals surface area contributed by atoms with E-state index >= 15 is 0 Å². The molecular formula is C26H34N4O2P2. The van der Waals surface area contributed by atoms with E-state index in [0.29, 0.717) is 0 Å². The van der Waals surface area contributed by atoms with Gasteiger partial charge in [-0.2, -0.15) is 20.2 Å². The molecule has 0 spiro atoms. The Labute approximate surface area is 203 Å². The number of nitrogens with zero attached hydrogens (tertiary/aromatic N) is 4. The van der Waals surface area contributed by atoms with Crippen LogP contribution in [0, 0.1) is 0 Å². The third kappa shape index (κ3) is 5.51. The highest BCUT2D eigenvalue weighted by Crippen LogP contribution is 2.39. The molecule has 6 nitrogen and oxygen atoms in total. The number of amides is 2. The van der Waals surface area contributed by atoms with Crippen molar-refractivity contribution >= 4 is 59.0 Å². The quantitative estimate of drug-likeness (QED) is 0.551. The lowest BCUT2D eigenvalue weighted by Gasteiger charge is -2.15. The summed E-state index contributed by atoms with van der Waals surface area (Å²) in [4.78, 5) is 24.7. The second-order valence-corrected chi connectivity index (χ2v) is 18.9. The van der Waals surface area contributed by atoms with Gasteiger partial charge in [-0.1, -0.05) is 50.2 Å². The Balaban J connectivity index is 0.000000191. The van der Waals surface area contributed by atoms with Gasteiger partial charge in [-0.15, -0.1) is 0 Å². The molecule has 0 aliphatic carbocycles. The highest BCUT2D eigenvalue weighted by Gasteiger charge is 2.32. The van der Waals surface area contributed by atoms with Crippen LogP contribution in [-0.4, -0.2) is 73.8 Å². The zero-order chi connectivity index (χ0) is 25.3. The minimum atomic E-state index is -1.34. The summed E-state index contributed by atoms with van der Waals surface area (Å²) in [6.07, 6.45) is 0. The van der Waals surface area contributed by atoms with Crippen LogP contribution in [0.15, 0.2) is 70.9 Å². The average Bonchev–Trinajstić information content (AvgIpc) is 3.23. The molecule has 2 amide bonds. The first kappa shape index (κ1) is 25.9. The molecule has 180 valence electrons. The number of hydrogen-bond acceptors (Lipinski definition) is 4. The topological polar surface area (TPSA) is 65.3 Å². The lowest BCUT2D eigenvalue weighted by molar-refractivity contribution is -0.112. The first-order valence-electron chi connectivity index (χ1n) is 11.1. The van der Waals surface area contributed by atoms with Gasteiger partial charge < -0.3 is 0 Å². The molecule has 0 saturated heterocycles. The van der Waals surface area contributed by atoms with E-state index in [-0.39, 0.29) is 11.8 Å². The number of carbonyl (C=O) groups is 2. The van der Waals surface area contributed by atoms with E-state index in [2.05, 4.69) is 50.2 Å². The molecule has 0 radical (unpaired) electrons. The number of carbonyl (C=O) groups excluding carboxylic acids is 2. The van der Waals surface area contributed by atoms with Crippen LogP contribution in [0.3, 0.4) is 0 Å². The minimum Gasteiger partial charge on any atom is -0.267 e. The SMILES string of the molecule is CC1=NN(c2ccccc2)C(=O)C1=P(C)(C)C.CC1=NN(c2ccccc2)C(=O)C1=P(C)(C)C. The maximum Gasteiger partial charge on any atom is 0.280 e. The van der Waals surface area contributed by atoms with Gasteiger partial charge in [0.15, 0.2) is 0 Å². The van der Waals surface area contributed by atoms with Crippen molar-refractivity contribution in [3.05, 3.63) is 60.7 Å². The molecule has 0 unspecified atom stereocenters. The molecule has 0 fully saturated rings. The van der Waals surface area contributed by atoms with Crippen molar-refractivity contribution in [2.75, 3.05) is 50.0 Å². The number of hydrazone groups is 2. The summed E-state index contributed by atoms with van der Waals surface area (Å²) in [5, 5.41) is 13.6. The molecule has 34 heavy (non-hydrogen) atoms. The van der Waals surface area contributed by atoms with Crippen LogP contribution in [0.2, 0.25) is 0 Å². The Bertz CT molecular complexity index is 1160. The summed E-state index contributed by atoms with van der Waals surface area (Å²) in [5.74, 6) is 0.0732. The van der Waals surface area contributed by atoms with Gasteiger partial charge in [0.25, 0.3) is 11.8 Å². The largest absolute Gasteiger partial charge is 0.280 e. The second kappa shape index (κ2) is 9.90. The van der Waals surface area contributed by atoms with E-state index in [0.717, 1.165) is 33.4 Å². The maximum atomic E-state index is 12.4. The van der Waals surface area contributed by atoms with Crippen LogP contribution in [0.5, 0.6) is 0 Å². The molecule has 8 heteroatoms. The molecule has 2 aromatic carbocycles. The van der Waals surface area contributed by atoms with Gasteiger partial charge in [0.1, 0.15) is 0 Å². The predicted molar refractivity (Wildman–Crippen MR) is 153 cm³/mol. The predicted octanol–water partition coefficient (Wildman–Crippen LogP) is 4.98. The van der Waals surface area contributed by atoms with Crippen molar-refractivity contribution in [2.24, 2.45) is 10.2 Å². The Morgan fingerprint density at radius 2 is 0.853 bits per heavy atom. The normalized spacial score (nSPS) is 16.5. The molecule has 2 aliphatic heterocycles. The fourth-order valence-corrected chi connectivity index (χ4v) is 7.40. The number of rotatable bonds is 2. The van der Waals surface area contributed by atoms with Crippen molar-refractivity contribution in [3.63, 3.8) is 0 Å². The van der Waals surface area contributed by atoms with Crippen LogP contribution in [-0.2, 0) is 9.59 Å². The molecule has 0 saturated carbocycles. The van der Waals surface area contributed by atoms with Crippen LogP contribution >= 0.6 is 13.8 Å². The van der Waals surface area contributed by atoms with Crippen molar-refractivity contribution < 1.29 is 9.59 Å². The van der Waals surface area contributed by atoms with Crippen LogP contribution in [0.25, 0.3) is 0 Å². The van der Waals surface area contributed by atoms with Crippen LogP contribution in [0.1, 0.15) is 13.8 Å². The Hall–Kier alpha value is -2.68. The molecule has 2 aromatic rings. The number of anilines is 2. The first-order chi connectivity index (χ1) is 15.8. The fraction of sp³-hybridized carbons (Fsp3) is 0.308. The van der Waals surface area contributed by atoms with Gasteiger partial charge in [-0.3, -0.25) is 9.59 Å². The van der Waals surface area contributed by atoms with E-state index in [1.165, 1.54) is 10.0 Å². The smallest absolute Gasteiger partial charge is 0.267 e. The van der Waals surface area contributed by atoms with Gasteiger partial charge in [-0.25, -0.2) is 0 Å². The molecule has 0 atom stereocenters. The summed E-state index contributed by atoms with van der Waals surface area (Å²) < 4.78 is 0. The van der Waals surface area contributed by atoms with Gasteiger partial charge in [-0.05, 0) is 78.1 Å². The van der Waals surface area contributed by atoms with Crippen LogP contribution < -0.4 is 10.0 Å². The highest BCUT2D eigenvalue weighted by atomic mass is 31.2. The van der Waals surface area contributed by atoms with Gasteiger partial charge in [0.05, 0.1) is 33.4 Å². The van der Waals surface area contributed by atoms with E-state index in [4.69, 9.17) is 0 Å². The number of benzene rings is 2. The summed E-state index contributed by atoms with van der Waals surface area (Å²) in [5.41, 5.74) is 3.39. The van der Waals surface area contributed by atoms with Gasteiger partial charge in [0.2, 0.25) is 0 Å². The van der Waals surface area contributed by atoms with E-state index in [1.54, 1.807) is 0 Å². The minimum absolute atomic E-state index is 0.0366. The summed E-state index contributed by atoms with van der Waals surface area (Å²) in [6, 6.07) is 19.1. The molecular weight excluding hydrogens is 462 g/mol. The van der Waals surface area contributed by atoms with Crippen molar-refractivity contribution in [1.82, 2.24) is 0 Å². The molecule has 4 rings (SSSR count). The van der Waals surface area contributed by atoms with E-state index in [9.17, 15) is 9.59 Å². The van der Waals surface area contributed by atoms with E-state index in [1.807, 2.05) is 74.5 Å². The summed E-state index contributed by atoms with van der Waals surface area (Å²) in [7, 11) is 0. The Morgan fingerprint density at radius 3 is 1.09 bits per heavy atom. The molecule has 0 aromatic heterocycles. The average molecular weight is 497 g/mol. The van der Waals surface area contributed by atoms with E-state index < -0.39 is 13.8 Å². The van der Waals surface area contributed by atoms with Crippen molar-refractivity contribution in [2.45, 2.75) is 13.8 Å². The third-order valence-corrected chi connectivity index (χ3v) is 9.03. The summed E-state index contributed by atoms with van der Waals surface area (Å²) in [6.45, 7) is 14.0. The first-order valence-corrected chi connectivity index (χ1v) is 17.4. The molecule has 0 bridgehead atoms. The molecule has 2 aliphatic rings. The van der Waals surface area contributed by atoms with Gasteiger partial charge >= 0.3 is 0 Å². The lowest BCUT2D eigenvalue weighted by Crippen LogP contribution is -2.27. The standard InChI is InChI=1S/2C13H17N2OP/c2*1-10-12(17(2,3)4)13(16)15(14-10)11-8-6-5-7-9-11/h2*5-9H,1-4H3. The number of hydrogen-bond donors (Lipinski definition) is 0. The van der Waals surface area contributed by atoms with Crippen molar-refractivity contribution in [3.8, 4) is 0 Å². The van der Waals surface area contributed by atoms with Gasteiger partial charge in [0, 0.05) is 0 Å². The highest BCUT2D eigenvalue weighted by molar-refractivity contribution is 7.78. The fourth-order valence-electron chi connectivity index (χ4n) is 4.03. The molecule has 0 N–H and O–H groups in total.